The maximum absolute atomic E-state index is 10.3. The molecule has 1 aliphatic rings. The zero-order valence-electron chi connectivity index (χ0n) is 7.82. The van der Waals surface area contributed by atoms with Crippen LogP contribution in [0.1, 0.15) is 5.56 Å². The van der Waals surface area contributed by atoms with E-state index in [0.717, 1.165) is 18.7 Å². The van der Waals surface area contributed by atoms with Gasteiger partial charge in [-0.25, -0.2) is 4.79 Å². The molecule has 0 radical (unpaired) electrons. The molecule has 3 N–H and O–H groups in total. The summed E-state index contributed by atoms with van der Waals surface area (Å²) in [5.41, 5.74) is 2.89. The second kappa shape index (κ2) is 5.68. The van der Waals surface area contributed by atoms with E-state index >= 15 is 0 Å². The molecule has 1 aromatic carbocycles. The summed E-state index contributed by atoms with van der Waals surface area (Å²) in [6.07, 6.45) is -0.0131. The Morgan fingerprint density at radius 1 is 1.40 bits per heavy atom. The van der Waals surface area contributed by atoms with Gasteiger partial charge in [-0.05, 0) is 24.1 Å². The first-order valence-electron chi connectivity index (χ1n) is 4.12. The molecule has 1 heterocycles. The Hall–Kier alpha value is -1.13. The Morgan fingerprint density at radius 3 is 2.80 bits per heavy atom. The van der Waals surface area contributed by atoms with Gasteiger partial charge in [-0.1, -0.05) is 6.07 Å². The van der Waals surface area contributed by atoms with Crippen LogP contribution in [0.5, 0.6) is 0 Å². The summed E-state index contributed by atoms with van der Waals surface area (Å²) in [4.78, 5) is 10.3. The van der Waals surface area contributed by atoms with Crippen molar-refractivity contribution in [3.8, 4) is 0 Å². The molecule has 0 spiro atoms. The fourth-order valence-electron chi connectivity index (χ4n) is 1.49. The number of hydrogen-bond acceptors (Lipinski definition) is 2. The predicted molar refractivity (Wildman–Crippen MR) is 64.8 cm³/mol. The van der Waals surface area contributed by atoms with Gasteiger partial charge in [-0.3, -0.25) is 5.32 Å². The highest BCUT2D eigenvalue weighted by molar-refractivity contribution is 5.85. The highest BCUT2D eigenvalue weighted by Gasteiger charge is 2.10. The van der Waals surface area contributed by atoms with Crippen molar-refractivity contribution in [3.05, 3.63) is 23.8 Å². The average molecular weight is 251 g/mol. The smallest absolute Gasteiger partial charge is 0.409 e. The van der Waals surface area contributed by atoms with E-state index in [2.05, 4.69) is 10.6 Å². The molecular weight excluding hydrogens is 239 g/mol. The fraction of sp³-hybridized carbons (Fsp3) is 0.222. The number of carboxylic acid groups (broad SMARTS) is 1. The monoisotopic (exact) mass is 250 g/mol. The van der Waals surface area contributed by atoms with E-state index in [0.29, 0.717) is 5.69 Å². The number of hydrogen-bond donors (Lipinski definition) is 3. The fourth-order valence-corrected chi connectivity index (χ4v) is 1.49. The zero-order chi connectivity index (χ0) is 9.26. The molecule has 4 nitrogen and oxygen atoms in total. The van der Waals surface area contributed by atoms with E-state index in [-0.39, 0.29) is 24.8 Å². The average Bonchev–Trinajstić information content (AvgIpc) is 2.49. The van der Waals surface area contributed by atoms with Gasteiger partial charge in [0.2, 0.25) is 0 Å². The van der Waals surface area contributed by atoms with E-state index in [1.54, 1.807) is 6.07 Å². The zero-order valence-corrected chi connectivity index (χ0v) is 9.45. The third kappa shape index (κ3) is 3.18. The molecular formula is C9H12Cl2N2O2. The second-order valence-corrected chi connectivity index (χ2v) is 2.98. The van der Waals surface area contributed by atoms with Crippen molar-refractivity contribution in [2.24, 2.45) is 0 Å². The maximum atomic E-state index is 10.3. The first-order valence-corrected chi connectivity index (χ1v) is 4.12. The number of rotatable bonds is 1. The molecule has 1 aromatic rings. The number of nitrogens with one attached hydrogen (secondary N) is 2. The van der Waals surface area contributed by atoms with Gasteiger partial charge in [0.15, 0.2) is 0 Å². The molecule has 15 heavy (non-hydrogen) atoms. The van der Waals surface area contributed by atoms with Crippen LogP contribution in [0.3, 0.4) is 0 Å². The van der Waals surface area contributed by atoms with Crippen LogP contribution >= 0.6 is 24.8 Å². The molecule has 0 atom stereocenters. The quantitative estimate of drug-likeness (QED) is 0.718. The molecule has 2 rings (SSSR count). The molecule has 0 fully saturated rings. The van der Waals surface area contributed by atoms with E-state index in [9.17, 15) is 4.79 Å². The van der Waals surface area contributed by atoms with Crippen molar-refractivity contribution in [1.82, 2.24) is 0 Å². The van der Waals surface area contributed by atoms with Gasteiger partial charge in [-0.2, -0.15) is 0 Å². The second-order valence-electron chi connectivity index (χ2n) is 2.98. The number of anilines is 2. The first-order chi connectivity index (χ1) is 6.25. The normalized spacial score (nSPS) is 11.5. The molecule has 0 aromatic heterocycles. The summed E-state index contributed by atoms with van der Waals surface area (Å²) >= 11 is 0. The minimum atomic E-state index is -1.03. The number of carbonyl (C=O) groups is 1. The molecule has 0 aliphatic carbocycles. The van der Waals surface area contributed by atoms with E-state index in [1.165, 1.54) is 5.56 Å². The van der Waals surface area contributed by atoms with Crippen LogP contribution in [0.15, 0.2) is 18.2 Å². The molecule has 0 bridgehead atoms. The molecule has 0 unspecified atom stereocenters. The van der Waals surface area contributed by atoms with Crippen LogP contribution in [-0.4, -0.2) is 17.7 Å². The lowest BCUT2D eigenvalue weighted by Gasteiger charge is -2.03. The summed E-state index contributed by atoms with van der Waals surface area (Å²) < 4.78 is 0. The van der Waals surface area contributed by atoms with Crippen LogP contribution in [0.4, 0.5) is 16.2 Å². The third-order valence-electron chi connectivity index (χ3n) is 2.07. The summed E-state index contributed by atoms with van der Waals surface area (Å²) in [7, 11) is 0. The molecule has 1 aliphatic heterocycles. The molecule has 1 amide bonds. The summed E-state index contributed by atoms with van der Waals surface area (Å²) in [6, 6.07) is 5.54. The van der Waals surface area contributed by atoms with Crippen LogP contribution in [0.25, 0.3) is 0 Å². The highest BCUT2D eigenvalue weighted by Crippen LogP contribution is 2.25. The van der Waals surface area contributed by atoms with Crippen molar-refractivity contribution in [2.75, 3.05) is 17.2 Å². The predicted octanol–water partition coefficient (Wildman–Crippen LogP) is 2.59. The Bertz CT molecular complexity index is 358. The number of fused-ring (bicyclic) bond motifs is 1. The van der Waals surface area contributed by atoms with Gasteiger partial charge in [0, 0.05) is 17.9 Å². The van der Waals surface area contributed by atoms with Crippen molar-refractivity contribution in [3.63, 3.8) is 0 Å². The molecule has 0 saturated heterocycles. The van der Waals surface area contributed by atoms with Crippen molar-refractivity contribution < 1.29 is 9.90 Å². The molecule has 6 heteroatoms. The van der Waals surface area contributed by atoms with Crippen molar-refractivity contribution in [2.45, 2.75) is 6.42 Å². The van der Waals surface area contributed by atoms with Gasteiger partial charge in [-0.15, -0.1) is 24.8 Å². The van der Waals surface area contributed by atoms with E-state index in [4.69, 9.17) is 5.11 Å². The first kappa shape index (κ1) is 13.9. The van der Waals surface area contributed by atoms with Crippen molar-refractivity contribution >= 4 is 42.3 Å². The minimum Gasteiger partial charge on any atom is -0.465 e. The van der Waals surface area contributed by atoms with Gasteiger partial charge < -0.3 is 10.4 Å². The summed E-state index contributed by atoms with van der Waals surface area (Å²) in [5, 5.41) is 14.0. The van der Waals surface area contributed by atoms with E-state index < -0.39 is 6.09 Å². The lowest BCUT2D eigenvalue weighted by molar-refractivity contribution is 0.210. The lowest BCUT2D eigenvalue weighted by Crippen LogP contribution is -2.07. The largest absolute Gasteiger partial charge is 0.465 e. The van der Waals surface area contributed by atoms with Gasteiger partial charge in [0.1, 0.15) is 0 Å². The minimum absolute atomic E-state index is 0. The maximum Gasteiger partial charge on any atom is 0.409 e. The van der Waals surface area contributed by atoms with Gasteiger partial charge >= 0.3 is 6.09 Å². The van der Waals surface area contributed by atoms with Gasteiger partial charge in [0.05, 0.1) is 0 Å². The summed E-state index contributed by atoms with van der Waals surface area (Å²) in [5.74, 6) is 0. The number of amides is 1. The van der Waals surface area contributed by atoms with Crippen LogP contribution in [-0.2, 0) is 6.42 Å². The molecule has 0 saturated carbocycles. The SMILES string of the molecule is Cl.Cl.O=C(O)Nc1ccc2c(c1)NCC2. The van der Waals surface area contributed by atoms with Crippen LogP contribution in [0.2, 0.25) is 0 Å². The van der Waals surface area contributed by atoms with Crippen LogP contribution < -0.4 is 10.6 Å². The Labute approximate surface area is 99.9 Å². The topological polar surface area (TPSA) is 61.4 Å². The molecule has 84 valence electrons. The van der Waals surface area contributed by atoms with E-state index in [1.807, 2.05) is 12.1 Å². The number of halogens is 2. The Balaban J connectivity index is 0.000000980. The number of benzene rings is 1. The Morgan fingerprint density at radius 2 is 2.13 bits per heavy atom. The standard InChI is InChI=1S/C9H10N2O2.2ClH/c12-9(13)11-7-2-1-6-3-4-10-8(6)5-7;;/h1-2,5,10-11H,3-4H2,(H,12,13);2*1H. The lowest BCUT2D eigenvalue weighted by atomic mass is 10.1. The van der Waals surface area contributed by atoms with Crippen LogP contribution in [0, 0.1) is 0 Å². The summed E-state index contributed by atoms with van der Waals surface area (Å²) in [6.45, 7) is 0.936. The third-order valence-corrected chi connectivity index (χ3v) is 2.07. The highest BCUT2D eigenvalue weighted by atomic mass is 35.5. The van der Waals surface area contributed by atoms with Crippen molar-refractivity contribution in [1.29, 1.82) is 0 Å². The Kier molecular flexibility index (Phi) is 5.25. The van der Waals surface area contributed by atoms with Gasteiger partial charge in [0.25, 0.3) is 0 Å².